The van der Waals surface area contributed by atoms with Gasteiger partial charge in [-0.2, -0.15) is 0 Å². The third-order valence-corrected chi connectivity index (χ3v) is 5.80. The van der Waals surface area contributed by atoms with Crippen molar-refractivity contribution in [2.24, 2.45) is 0 Å². The Morgan fingerprint density at radius 1 is 1.04 bits per heavy atom. The fourth-order valence-corrected chi connectivity index (χ4v) is 3.87. The largest absolute Gasteiger partial charge is 0.484 e. The highest BCUT2D eigenvalue weighted by atomic mass is 32.2. The van der Waals surface area contributed by atoms with Crippen LogP contribution >= 0.6 is 0 Å². The van der Waals surface area contributed by atoms with Crippen LogP contribution in [0.2, 0.25) is 0 Å². The lowest BCUT2D eigenvalue weighted by atomic mass is 10.1. The maximum atomic E-state index is 12.5. The smallest absolute Gasteiger partial charge is 0.260 e. The molecule has 0 radical (unpaired) electrons. The number of likely N-dealkylation sites (N-methyl/N-ethyl adjacent to an activating group) is 1. The molecule has 0 aliphatic rings. The van der Waals surface area contributed by atoms with Gasteiger partial charge in [-0.05, 0) is 50.6 Å². The Morgan fingerprint density at radius 2 is 1.63 bits per heavy atom. The zero-order valence-electron chi connectivity index (χ0n) is 15.9. The number of amides is 1. The number of hydrogen-bond acceptors (Lipinski definition) is 4. The molecule has 2 aromatic carbocycles. The van der Waals surface area contributed by atoms with Crippen LogP contribution in [0.15, 0.2) is 59.5 Å². The second-order valence-electron chi connectivity index (χ2n) is 6.08. The Balaban J connectivity index is 2.00. The van der Waals surface area contributed by atoms with E-state index in [1.807, 2.05) is 44.2 Å². The summed E-state index contributed by atoms with van der Waals surface area (Å²) in [6.45, 7) is 6.79. The molecule has 1 atom stereocenters. The zero-order valence-corrected chi connectivity index (χ0v) is 16.7. The van der Waals surface area contributed by atoms with Crippen molar-refractivity contribution < 1.29 is 17.9 Å². The van der Waals surface area contributed by atoms with E-state index in [-0.39, 0.29) is 23.5 Å². The summed E-state index contributed by atoms with van der Waals surface area (Å²) in [6, 6.07) is 15.1. The van der Waals surface area contributed by atoms with Gasteiger partial charge in [0.05, 0.1) is 4.90 Å². The van der Waals surface area contributed by atoms with Gasteiger partial charge in [0.15, 0.2) is 6.61 Å². The van der Waals surface area contributed by atoms with Crippen LogP contribution < -0.4 is 9.46 Å². The molecule has 0 saturated carbocycles. The van der Waals surface area contributed by atoms with Crippen LogP contribution in [0, 0.1) is 0 Å². The van der Waals surface area contributed by atoms with Crippen LogP contribution in [-0.2, 0) is 14.8 Å². The zero-order chi connectivity index (χ0) is 19.9. The normalized spacial score (nSPS) is 12.4. The van der Waals surface area contributed by atoms with E-state index in [1.165, 1.54) is 12.1 Å². The minimum atomic E-state index is -3.66. The molecular formula is C20H26N2O4S. The molecule has 1 amide bonds. The Kier molecular flexibility index (Phi) is 7.38. The summed E-state index contributed by atoms with van der Waals surface area (Å²) in [5.41, 5.74) is 0.885. The molecule has 2 rings (SSSR count). The van der Waals surface area contributed by atoms with Crippen molar-refractivity contribution >= 4 is 15.9 Å². The third-order valence-electron chi connectivity index (χ3n) is 4.24. The molecule has 0 saturated heterocycles. The summed E-state index contributed by atoms with van der Waals surface area (Å²) >= 11 is 0. The maximum absolute atomic E-state index is 12.5. The van der Waals surface area contributed by atoms with Gasteiger partial charge in [0.1, 0.15) is 5.75 Å². The molecule has 0 aliphatic heterocycles. The first-order valence-electron chi connectivity index (χ1n) is 8.95. The van der Waals surface area contributed by atoms with Crippen molar-refractivity contribution in [3.05, 3.63) is 60.2 Å². The first kappa shape index (κ1) is 20.9. The molecule has 146 valence electrons. The number of carbonyl (C=O) groups excluding carboxylic acids is 1. The van der Waals surface area contributed by atoms with E-state index in [9.17, 15) is 13.2 Å². The van der Waals surface area contributed by atoms with Crippen molar-refractivity contribution in [1.29, 1.82) is 0 Å². The van der Waals surface area contributed by atoms with Gasteiger partial charge in [0, 0.05) is 19.1 Å². The number of sulfonamides is 1. The maximum Gasteiger partial charge on any atom is 0.260 e. The van der Waals surface area contributed by atoms with E-state index < -0.39 is 10.0 Å². The Bertz CT molecular complexity index is 832. The molecule has 6 nitrogen and oxygen atoms in total. The first-order valence-corrected chi connectivity index (χ1v) is 10.4. The molecule has 0 aromatic heterocycles. The highest BCUT2D eigenvalue weighted by Gasteiger charge is 2.18. The number of rotatable bonds is 9. The summed E-state index contributed by atoms with van der Waals surface area (Å²) in [7, 11) is -3.66. The van der Waals surface area contributed by atoms with Gasteiger partial charge in [-0.1, -0.05) is 30.3 Å². The minimum absolute atomic E-state index is 0.0724. The minimum Gasteiger partial charge on any atom is -0.484 e. The first-order chi connectivity index (χ1) is 12.9. The lowest BCUT2D eigenvalue weighted by Gasteiger charge is -2.18. The molecule has 1 N–H and O–H groups in total. The van der Waals surface area contributed by atoms with E-state index in [4.69, 9.17) is 4.74 Å². The lowest BCUT2D eigenvalue weighted by Crippen LogP contribution is -2.34. The van der Waals surface area contributed by atoms with Crippen LogP contribution in [0.4, 0.5) is 0 Å². The van der Waals surface area contributed by atoms with E-state index in [0.29, 0.717) is 18.8 Å². The van der Waals surface area contributed by atoms with Crippen LogP contribution in [0.3, 0.4) is 0 Å². The molecule has 0 fully saturated rings. The van der Waals surface area contributed by atoms with Gasteiger partial charge in [0.2, 0.25) is 10.0 Å². The Labute approximate surface area is 161 Å². The quantitative estimate of drug-likeness (QED) is 0.714. The molecule has 2 aromatic rings. The van der Waals surface area contributed by atoms with Crippen LogP contribution in [0.1, 0.15) is 32.4 Å². The fraction of sp³-hybridized carbons (Fsp3) is 0.350. The average molecular weight is 391 g/mol. The number of hydrogen-bond donors (Lipinski definition) is 1. The summed E-state index contributed by atoms with van der Waals surface area (Å²) in [6.07, 6.45) is 0. The average Bonchev–Trinajstić information content (AvgIpc) is 2.68. The predicted molar refractivity (Wildman–Crippen MR) is 105 cm³/mol. The van der Waals surface area contributed by atoms with Crippen molar-refractivity contribution in [3.8, 4) is 5.75 Å². The molecule has 7 heteroatoms. The van der Waals surface area contributed by atoms with Crippen molar-refractivity contribution in [2.45, 2.75) is 31.7 Å². The van der Waals surface area contributed by atoms with E-state index in [1.54, 1.807) is 24.0 Å². The number of benzene rings is 2. The van der Waals surface area contributed by atoms with Gasteiger partial charge in [-0.3, -0.25) is 4.79 Å². The SMILES string of the molecule is CCN(CC)C(=O)COc1ccc(S(=O)(=O)N[C@@H](C)c2ccccc2)cc1. The van der Waals surface area contributed by atoms with Crippen molar-refractivity contribution in [2.75, 3.05) is 19.7 Å². The molecule has 27 heavy (non-hydrogen) atoms. The van der Waals surface area contributed by atoms with Gasteiger partial charge in [-0.15, -0.1) is 0 Å². The van der Waals surface area contributed by atoms with E-state index in [0.717, 1.165) is 5.56 Å². The Morgan fingerprint density at radius 3 is 2.19 bits per heavy atom. The molecule has 0 bridgehead atoms. The van der Waals surface area contributed by atoms with E-state index in [2.05, 4.69) is 4.72 Å². The lowest BCUT2D eigenvalue weighted by molar-refractivity contribution is -0.132. The van der Waals surface area contributed by atoms with Gasteiger partial charge >= 0.3 is 0 Å². The predicted octanol–water partition coefficient (Wildman–Crippen LogP) is 2.97. The van der Waals surface area contributed by atoms with Crippen molar-refractivity contribution in [1.82, 2.24) is 9.62 Å². The molecule has 0 aliphatic carbocycles. The molecule has 0 heterocycles. The fourth-order valence-electron chi connectivity index (χ4n) is 2.64. The van der Waals surface area contributed by atoms with Gasteiger partial charge < -0.3 is 9.64 Å². The second-order valence-corrected chi connectivity index (χ2v) is 7.79. The number of nitrogens with one attached hydrogen (secondary N) is 1. The second kappa shape index (κ2) is 9.53. The molecule has 0 unspecified atom stereocenters. The van der Waals surface area contributed by atoms with Crippen molar-refractivity contribution in [3.63, 3.8) is 0 Å². The summed E-state index contributed by atoms with van der Waals surface area (Å²) < 4.78 is 33.2. The molecular weight excluding hydrogens is 364 g/mol. The number of ether oxygens (including phenoxy) is 1. The molecule has 0 spiro atoms. The van der Waals surface area contributed by atoms with Crippen LogP contribution in [0.5, 0.6) is 5.75 Å². The standard InChI is InChI=1S/C20H26N2O4S/c1-4-22(5-2)20(23)15-26-18-11-13-19(14-12-18)27(24,25)21-16(3)17-9-7-6-8-10-17/h6-14,16,21H,4-5,15H2,1-3H3/t16-/m0/s1. The van der Waals surface area contributed by atoms with Gasteiger partial charge in [-0.25, -0.2) is 13.1 Å². The third kappa shape index (κ3) is 5.80. The van der Waals surface area contributed by atoms with Crippen LogP contribution in [0.25, 0.3) is 0 Å². The number of nitrogens with zero attached hydrogens (tertiary/aromatic N) is 1. The summed E-state index contributed by atoms with van der Waals surface area (Å²) in [4.78, 5) is 13.8. The summed E-state index contributed by atoms with van der Waals surface area (Å²) in [5, 5.41) is 0. The monoisotopic (exact) mass is 390 g/mol. The topological polar surface area (TPSA) is 75.7 Å². The number of carbonyl (C=O) groups is 1. The highest BCUT2D eigenvalue weighted by Crippen LogP contribution is 2.19. The summed E-state index contributed by atoms with van der Waals surface area (Å²) in [5.74, 6) is 0.348. The Hall–Kier alpha value is -2.38. The van der Waals surface area contributed by atoms with Gasteiger partial charge in [0.25, 0.3) is 5.91 Å². The van der Waals surface area contributed by atoms with E-state index >= 15 is 0 Å². The van der Waals surface area contributed by atoms with Crippen LogP contribution in [-0.4, -0.2) is 38.9 Å². The highest BCUT2D eigenvalue weighted by molar-refractivity contribution is 7.89.